The molecule has 1 fully saturated rings. The zero-order chi connectivity index (χ0) is 28.6. The normalized spacial score (nSPS) is 16.5. The predicted molar refractivity (Wildman–Crippen MR) is 154 cm³/mol. The average Bonchev–Trinajstić information content (AvgIpc) is 3.48. The van der Waals surface area contributed by atoms with Crippen molar-refractivity contribution in [3.8, 4) is 17.2 Å². The number of aliphatic hydroxyl groups excluding tert-OH is 1. The van der Waals surface area contributed by atoms with Crippen molar-refractivity contribution in [2.45, 2.75) is 12.5 Å². The number of aromatic amines is 1. The minimum absolute atomic E-state index is 0.110. The third-order valence-electron chi connectivity index (χ3n) is 7.05. The van der Waals surface area contributed by atoms with Gasteiger partial charge in [0, 0.05) is 39.8 Å². The number of hydrogen-bond acceptors (Lipinski definition) is 6. The van der Waals surface area contributed by atoms with Crippen LogP contribution in [0.2, 0.25) is 10.0 Å². The Balaban J connectivity index is 1.63. The van der Waals surface area contributed by atoms with Crippen LogP contribution in [0.25, 0.3) is 16.7 Å². The lowest BCUT2D eigenvalue weighted by molar-refractivity contribution is -0.139. The summed E-state index contributed by atoms with van der Waals surface area (Å²) in [5.41, 5.74) is 2.41. The molecule has 1 aromatic heterocycles. The van der Waals surface area contributed by atoms with E-state index in [-0.39, 0.29) is 22.7 Å². The maximum Gasteiger partial charge on any atom is 0.295 e. The van der Waals surface area contributed by atoms with Gasteiger partial charge in [-0.2, -0.15) is 0 Å². The van der Waals surface area contributed by atoms with E-state index in [9.17, 15) is 14.7 Å². The fourth-order valence-corrected chi connectivity index (χ4v) is 5.54. The Morgan fingerprint density at radius 2 is 1.68 bits per heavy atom. The molecule has 206 valence electrons. The van der Waals surface area contributed by atoms with Gasteiger partial charge < -0.3 is 29.2 Å². The van der Waals surface area contributed by atoms with Gasteiger partial charge in [0.15, 0.2) is 0 Å². The van der Waals surface area contributed by atoms with Crippen molar-refractivity contribution in [2.75, 3.05) is 27.9 Å². The van der Waals surface area contributed by atoms with Gasteiger partial charge in [-0.1, -0.05) is 23.2 Å². The highest BCUT2D eigenvalue weighted by Crippen LogP contribution is 2.45. The van der Waals surface area contributed by atoms with Crippen molar-refractivity contribution >= 4 is 51.6 Å². The molecule has 40 heavy (non-hydrogen) atoms. The summed E-state index contributed by atoms with van der Waals surface area (Å²) in [7, 11) is 4.61. The maximum absolute atomic E-state index is 13.5. The maximum atomic E-state index is 13.5. The first kappa shape index (κ1) is 27.4. The Labute approximate surface area is 240 Å². The Bertz CT molecular complexity index is 1660. The number of halogens is 2. The molecule has 1 atom stereocenters. The van der Waals surface area contributed by atoms with Gasteiger partial charge in [0.1, 0.15) is 23.0 Å². The molecular formula is C30H26Cl2N2O6. The number of methoxy groups -OCH3 is 3. The van der Waals surface area contributed by atoms with Crippen molar-refractivity contribution < 1.29 is 28.9 Å². The van der Waals surface area contributed by atoms with Crippen molar-refractivity contribution in [3.05, 3.63) is 93.1 Å². The summed E-state index contributed by atoms with van der Waals surface area (Å²) in [5, 5.41) is 12.9. The molecule has 1 saturated heterocycles. The van der Waals surface area contributed by atoms with Crippen LogP contribution in [0, 0.1) is 0 Å². The molecule has 0 unspecified atom stereocenters. The molecule has 10 heteroatoms. The summed E-state index contributed by atoms with van der Waals surface area (Å²) < 4.78 is 16.4. The SMILES string of the molecule is COc1ccc(OC)c([C@H]2C(=C(O)c3ccc(Cl)cc3Cl)C(=O)C(=O)N2CCc2c[nH]c3ccc(OC)cc23)c1. The third-order valence-corrected chi connectivity index (χ3v) is 7.60. The molecule has 2 heterocycles. The van der Waals surface area contributed by atoms with E-state index >= 15 is 0 Å². The molecule has 2 N–H and O–H groups in total. The lowest BCUT2D eigenvalue weighted by Gasteiger charge is -2.27. The van der Waals surface area contributed by atoms with Crippen LogP contribution < -0.4 is 14.2 Å². The number of Topliss-reactive ketones (excluding diaryl/α,β-unsaturated/α-hetero) is 1. The monoisotopic (exact) mass is 580 g/mol. The van der Waals surface area contributed by atoms with E-state index in [1.807, 2.05) is 24.4 Å². The van der Waals surface area contributed by atoms with Crippen LogP contribution in [-0.2, 0) is 16.0 Å². The number of nitrogens with one attached hydrogen (secondary N) is 1. The van der Waals surface area contributed by atoms with Crippen LogP contribution >= 0.6 is 23.2 Å². The number of carbonyl (C=O) groups is 2. The molecule has 1 amide bonds. The minimum atomic E-state index is -0.975. The smallest absolute Gasteiger partial charge is 0.295 e. The Morgan fingerprint density at radius 3 is 2.38 bits per heavy atom. The Hall–Kier alpha value is -4.14. The zero-order valence-corrected chi connectivity index (χ0v) is 23.5. The number of ketones is 1. The zero-order valence-electron chi connectivity index (χ0n) is 22.0. The number of aliphatic hydroxyl groups is 1. The lowest BCUT2D eigenvalue weighted by Crippen LogP contribution is -2.31. The molecule has 0 radical (unpaired) electrons. The number of carbonyl (C=O) groups excluding carboxylic acids is 2. The number of fused-ring (bicyclic) bond motifs is 1. The van der Waals surface area contributed by atoms with Crippen molar-refractivity contribution in [1.82, 2.24) is 9.88 Å². The number of amides is 1. The van der Waals surface area contributed by atoms with Crippen LogP contribution in [0.5, 0.6) is 17.2 Å². The average molecular weight is 581 g/mol. The second kappa shape index (κ2) is 11.2. The summed E-state index contributed by atoms with van der Waals surface area (Å²) in [5.74, 6) is -0.376. The first-order valence-electron chi connectivity index (χ1n) is 12.4. The quantitative estimate of drug-likeness (QED) is 0.147. The van der Waals surface area contributed by atoms with E-state index in [0.29, 0.717) is 34.3 Å². The highest BCUT2D eigenvalue weighted by Gasteiger charge is 2.47. The van der Waals surface area contributed by atoms with Gasteiger partial charge >= 0.3 is 0 Å². The van der Waals surface area contributed by atoms with Gasteiger partial charge in [-0.05, 0) is 66.6 Å². The van der Waals surface area contributed by atoms with Gasteiger partial charge in [0.25, 0.3) is 11.7 Å². The van der Waals surface area contributed by atoms with Gasteiger partial charge in [-0.15, -0.1) is 0 Å². The molecule has 1 aliphatic heterocycles. The molecule has 0 bridgehead atoms. The number of hydrogen-bond donors (Lipinski definition) is 2. The number of aromatic nitrogens is 1. The third kappa shape index (κ3) is 4.85. The van der Waals surface area contributed by atoms with Crippen LogP contribution in [0.3, 0.4) is 0 Å². The first-order valence-corrected chi connectivity index (χ1v) is 13.1. The number of ether oxygens (including phenoxy) is 3. The van der Waals surface area contributed by atoms with Crippen LogP contribution in [0.1, 0.15) is 22.7 Å². The molecule has 0 aliphatic carbocycles. The van der Waals surface area contributed by atoms with E-state index in [0.717, 1.165) is 16.5 Å². The van der Waals surface area contributed by atoms with E-state index < -0.39 is 23.5 Å². The highest BCUT2D eigenvalue weighted by molar-refractivity contribution is 6.47. The molecule has 4 aromatic rings. The van der Waals surface area contributed by atoms with Crippen molar-refractivity contribution in [3.63, 3.8) is 0 Å². The van der Waals surface area contributed by atoms with Crippen molar-refractivity contribution in [2.24, 2.45) is 0 Å². The van der Waals surface area contributed by atoms with Gasteiger partial charge in [0.2, 0.25) is 0 Å². The summed E-state index contributed by atoms with van der Waals surface area (Å²) in [6.45, 7) is 0.172. The van der Waals surface area contributed by atoms with Gasteiger partial charge in [0.05, 0.1) is 38.0 Å². The summed E-state index contributed by atoms with van der Waals surface area (Å²) >= 11 is 12.4. The highest BCUT2D eigenvalue weighted by atomic mass is 35.5. The summed E-state index contributed by atoms with van der Waals surface area (Å²) in [4.78, 5) is 31.7. The predicted octanol–water partition coefficient (Wildman–Crippen LogP) is 6.16. The molecule has 5 rings (SSSR count). The Kier molecular flexibility index (Phi) is 7.65. The van der Waals surface area contributed by atoms with Crippen LogP contribution in [0.4, 0.5) is 0 Å². The number of rotatable bonds is 8. The fraction of sp³-hybridized carbons (Fsp3) is 0.200. The molecule has 8 nitrogen and oxygen atoms in total. The second-order valence-electron chi connectivity index (χ2n) is 9.20. The van der Waals surface area contributed by atoms with Gasteiger partial charge in [-0.3, -0.25) is 9.59 Å². The molecule has 3 aromatic carbocycles. The number of benzene rings is 3. The van der Waals surface area contributed by atoms with Crippen LogP contribution in [0.15, 0.2) is 66.4 Å². The van der Waals surface area contributed by atoms with E-state index in [4.69, 9.17) is 37.4 Å². The fourth-order valence-electron chi connectivity index (χ4n) is 5.05. The number of likely N-dealkylation sites (tertiary alicyclic amines) is 1. The van der Waals surface area contributed by atoms with Crippen molar-refractivity contribution in [1.29, 1.82) is 0 Å². The molecular weight excluding hydrogens is 555 g/mol. The number of nitrogens with zero attached hydrogens (tertiary/aromatic N) is 1. The van der Waals surface area contributed by atoms with Crippen LogP contribution in [-0.4, -0.2) is 54.6 Å². The van der Waals surface area contributed by atoms with E-state index in [1.165, 1.54) is 31.3 Å². The summed E-state index contributed by atoms with van der Waals surface area (Å²) in [6, 6.07) is 14.3. The molecule has 0 saturated carbocycles. The first-order chi connectivity index (χ1) is 19.3. The van der Waals surface area contributed by atoms with E-state index in [2.05, 4.69) is 4.98 Å². The van der Waals surface area contributed by atoms with E-state index in [1.54, 1.807) is 31.4 Å². The largest absolute Gasteiger partial charge is 0.507 e. The molecule has 0 spiro atoms. The lowest BCUT2D eigenvalue weighted by atomic mass is 9.94. The second-order valence-corrected chi connectivity index (χ2v) is 10.0. The number of H-pyrrole nitrogens is 1. The van der Waals surface area contributed by atoms with Gasteiger partial charge in [-0.25, -0.2) is 0 Å². The summed E-state index contributed by atoms with van der Waals surface area (Å²) in [6.07, 6.45) is 2.29. The topological polar surface area (TPSA) is 101 Å². The minimum Gasteiger partial charge on any atom is -0.507 e. The Morgan fingerprint density at radius 1 is 0.950 bits per heavy atom. The molecule has 1 aliphatic rings. The standard InChI is InChI=1S/C30H26Cl2N2O6/c1-38-18-5-8-24-21(13-18)16(15-33-24)10-11-34-27(22-14-19(39-2)6-9-25(22)40-3)26(29(36)30(34)37)28(35)20-7-4-17(31)12-23(20)32/h4-9,12-15,27,33,35H,10-11H2,1-3H3/t27-/m0/s1.